The molecule has 0 aromatic heterocycles. The SMILES string of the molecule is CCOC(=O)CN(C)C(C)C(=O)OCCCc1ccc(S(C)(c2ccccc2)c2ccccc2)cc1. The molecule has 0 bridgehead atoms. The predicted molar refractivity (Wildman–Crippen MR) is 146 cm³/mol. The van der Waals surface area contributed by atoms with E-state index < -0.39 is 16.1 Å². The molecule has 0 radical (unpaired) electrons. The maximum absolute atomic E-state index is 12.3. The molecule has 0 aliphatic carbocycles. The summed E-state index contributed by atoms with van der Waals surface area (Å²) in [5, 5.41) is 0. The highest BCUT2D eigenvalue weighted by molar-refractivity contribution is 8.33. The summed E-state index contributed by atoms with van der Waals surface area (Å²) in [5.74, 6) is -0.678. The molecule has 3 aromatic carbocycles. The average Bonchev–Trinajstić information content (AvgIpc) is 2.91. The van der Waals surface area contributed by atoms with Crippen molar-refractivity contribution < 1.29 is 19.1 Å². The van der Waals surface area contributed by atoms with Crippen molar-refractivity contribution in [3.8, 4) is 0 Å². The number of aryl methyl sites for hydroxylation is 1. The van der Waals surface area contributed by atoms with Crippen LogP contribution in [0.2, 0.25) is 0 Å². The van der Waals surface area contributed by atoms with Gasteiger partial charge in [0.2, 0.25) is 0 Å². The van der Waals surface area contributed by atoms with Crippen molar-refractivity contribution in [1.29, 1.82) is 0 Å². The van der Waals surface area contributed by atoms with E-state index in [2.05, 4.69) is 91.2 Å². The summed E-state index contributed by atoms with van der Waals surface area (Å²) in [4.78, 5) is 29.6. The van der Waals surface area contributed by atoms with Gasteiger partial charge in [0.15, 0.2) is 0 Å². The van der Waals surface area contributed by atoms with Crippen molar-refractivity contribution in [2.45, 2.75) is 47.4 Å². The van der Waals surface area contributed by atoms with Gasteiger partial charge in [-0.05, 0) is 96.6 Å². The quantitative estimate of drug-likeness (QED) is 0.224. The zero-order chi connectivity index (χ0) is 26.0. The van der Waals surface area contributed by atoms with Gasteiger partial charge in [0.1, 0.15) is 6.04 Å². The van der Waals surface area contributed by atoms with E-state index in [-0.39, 0.29) is 18.5 Å². The lowest BCUT2D eigenvalue weighted by molar-refractivity contribution is -0.151. The summed E-state index contributed by atoms with van der Waals surface area (Å²) in [6.07, 6.45) is 3.91. The standard InChI is InChI=1S/C30H37NO4S/c1-5-34-29(32)23-31(3)24(2)30(33)35-22-12-13-25-18-20-28(21-19-25)36(4,26-14-8-6-9-15-26)27-16-10-7-11-17-27/h6-11,14-21,24H,5,12-13,22-23H2,1-4H3. The van der Waals surface area contributed by atoms with Crippen LogP contribution in [0.15, 0.2) is 99.6 Å². The third kappa shape index (κ3) is 6.99. The third-order valence-corrected chi connectivity index (χ3v) is 10.0. The first kappa shape index (κ1) is 27.5. The van der Waals surface area contributed by atoms with Crippen LogP contribution in [0.1, 0.15) is 25.8 Å². The Hall–Kier alpha value is -3.09. The first-order chi connectivity index (χ1) is 17.4. The summed E-state index contributed by atoms with van der Waals surface area (Å²) in [5.41, 5.74) is 1.21. The zero-order valence-corrected chi connectivity index (χ0v) is 22.5. The maximum Gasteiger partial charge on any atom is 0.323 e. The van der Waals surface area contributed by atoms with Crippen LogP contribution in [0, 0.1) is 0 Å². The van der Waals surface area contributed by atoms with E-state index in [1.54, 1.807) is 25.8 Å². The van der Waals surface area contributed by atoms with Crippen molar-refractivity contribution in [2.24, 2.45) is 0 Å². The first-order valence-corrected chi connectivity index (χ1v) is 14.4. The lowest BCUT2D eigenvalue weighted by atomic mass is 10.1. The van der Waals surface area contributed by atoms with Crippen molar-refractivity contribution in [3.63, 3.8) is 0 Å². The molecule has 0 saturated heterocycles. The van der Waals surface area contributed by atoms with Crippen LogP contribution < -0.4 is 0 Å². The minimum absolute atomic E-state index is 0.0589. The fourth-order valence-corrected chi connectivity index (χ4v) is 6.92. The molecule has 0 aliphatic rings. The third-order valence-electron chi connectivity index (χ3n) is 6.36. The van der Waals surface area contributed by atoms with Crippen LogP contribution in [0.5, 0.6) is 0 Å². The number of benzene rings is 3. The summed E-state index contributed by atoms with van der Waals surface area (Å²) >= 11 is 0. The fourth-order valence-electron chi connectivity index (χ4n) is 4.02. The number of rotatable bonds is 12. The van der Waals surface area contributed by atoms with E-state index in [1.807, 2.05) is 0 Å². The lowest BCUT2D eigenvalue weighted by Crippen LogP contribution is -2.40. The molecule has 3 rings (SSSR count). The largest absolute Gasteiger partial charge is 0.465 e. The Labute approximate surface area is 216 Å². The van der Waals surface area contributed by atoms with Gasteiger partial charge < -0.3 is 9.47 Å². The Bertz CT molecular complexity index is 1060. The maximum atomic E-state index is 12.3. The van der Waals surface area contributed by atoms with Gasteiger partial charge in [-0.1, -0.05) is 48.5 Å². The number of hydrogen-bond donors (Lipinski definition) is 0. The molecule has 0 N–H and O–H groups in total. The van der Waals surface area contributed by atoms with Crippen LogP contribution in [0.4, 0.5) is 0 Å². The molecule has 1 unspecified atom stereocenters. The normalized spacial score (nSPS) is 12.7. The summed E-state index contributed by atoms with van der Waals surface area (Å²) < 4.78 is 10.4. The number of carbonyl (C=O) groups excluding carboxylic acids is 2. The highest BCUT2D eigenvalue weighted by atomic mass is 32.3. The highest BCUT2D eigenvalue weighted by Crippen LogP contribution is 2.65. The lowest BCUT2D eigenvalue weighted by Gasteiger charge is -2.37. The van der Waals surface area contributed by atoms with Gasteiger partial charge in [0.05, 0.1) is 19.8 Å². The second kappa shape index (κ2) is 13.3. The molecular formula is C30H37NO4S. The molecule has 36 heavy (non-hydrogen) atoms. The average molecular weight is 508 g/mol. The molecule has 0 saturated carbocycles. The molecule has 192 valence electrons. The molecule has 5 nitrogen and oxygen atoms in total. The van der Waals surface area contributed by atoms with Crippen LogP contribution in [-0.4, -0.2) is 55.9 Å². The number of ether oxygens (including phenoxy) is 2. The number of hydrogen-bond acceptors (Lipinski definition) is 5. The van der Waals surface area contributed by atoms with Crippen LogP contribution in [-0.2, 0) is 25.5 Å². The summed E-state index contributed by atoms with van der Waals surface area (Å²) in [6, 6.07) is 29.8. The van der Waals surface area contributed by atoms with Crippen LogP contribution >= 0.6 is 10.0 Å². The Balaban J connectivity index is 1.58. The topological polar surface area (TPSA) is 55.8 Å². The minimum Gasteiger partial charge on any atom is -0.465 e. The predicted octanol–water partition coefficient (Wildman–Crippen LogP) is 5.96. The van der Waals surface area contributed by atoms with E-state index in [0.29, 0.717) is 13.2 Å². The van der Waals surface area contributed by atoms with Gasteiger partial charge in [-0.15, -0.1) is 0 Å². The van der Waals surface area contributed by atoms with Crippen LogP contribution in [0.3, 0.4) is 0 Å². The second-order valence-corrected chi connectivity index (χ2v) is 12.1. The monoisotopic (exact) mass is 507 g/mol. The molecular weight excluding hydrogens is 470 g/mol. The molecule has 0 fully saturated rings. The molecule has 1 atom stereocenters. The van der Waals surface area contributed by atoms with Gasteiger partial charge in [0, 0.05) is 0 Å². The molecule has 0 spiro atoms. The van der Waals surface area contributed by atoms with Crippen molar-refractivity contribution in [3.05, 3.63) is 90.5 Å². The fraction of sp³-hybridized carbons (Fsp3) is 0.333. The molecule has 0 aliphatic heterocycles. The summed E-state index contributed by atoms with van der Waals surface area (Å²) in [7, 11) is 0.348. The van der Waals surface area contributed by atoms with Crippen molar-refractivity contribution in [2.75, 3.05) is 33.1 Å². The van der Waals surface area contributed by atoms with E-state index in [9.17, 15) is 9.59 Å². The van der Waals surface area contributed by atoms with Crippen molar-refractivity contribution >= 4 is 22.0 Å². The number of carbonyl (C=O) groups is 2. The van der Waals surface area contributed by atoms with Gasteiger partial charge >= 0.3 is 11.9 Å². The Morgan fingerprint density at radius 2 is 1.36 bits per heavy atom. The second-order valence-electron chi connectivity index (χ2n) is 8.86. The molecule has 0 amide bonds. The number of likely N-dealkylation sites (N-methyl/N-ethyl adjacent to an activating group) is 1. The van der Waals surface area contributed by atoms with Gasteiger partial charge in [-0.3, -0.25) is 14.5 Å². The molecule has 6 heteroatoms. The van der Waals surface area contributed by atoms with Crippen molar-refractivity contribution in [1.82, 2.24) is 4.90 Å². The molecule has 3 aromatic rings. The Kier molecular flexibility index (Phi) is 10.1. The van der Waals surface area contributed by atoms with E-state index in [4.69, 9.17) is 9.47 Å². The van der Waals surface area contributed by atoms with Gasteiger partial charge in [-0.2, -0.15) is 10.0 Å². The smallest absolute Gasteiger partial charge is 0.323 e. The number of esters is 2. The van der Waals surface area contributed by atoms with Gasteiger partial charge in [0.25, 0.3) is 0 Å². The Morgan fingerprint density at radius 3 is 1.89 bits per heavy atom. The first-order valence-electron chi connectivity index (χ1n) is 12.4. The highest BCUT2D eigenvalue weighted by Gasteiger charge is 2.25. The van der Waals surface area contributed by atoms with E-state index in [1.165, 1.54) is 20.2 Å². The number of nitrogens with zero attached hydrogens (tertiary/aromatic N) is 1. The molecule has 0 heterocycles. The van der Waals surface area contributed by atoms with E-state index in [0.717, 1.165) is 12.8 Å². The van der Waals surface area contributed by atoms with Crippen LogP contribution in [0.25, 0.3) is 0 Å². The van der Waals surface area contributed by atoms with E-state index >= 15 is 0 Å². The summed E-state index contributed by atoms with van der Waals surface area (Å²) in [6.45, 7) is 4.22. The van der Waals surface area contributed by atoms with Gasteiger partial charge in [-0.25, -0.2) is 0 Å². The minimum atomic E-state index is -1.37. The zero-order valence-electron chi connectivity index (χ0n) is 21.7. The Morgan fingerprint density at radius 1 is 0.833 bits per heavy atom.